The molecule has 22 saturated heterocycles. The van der Waals surface area contributed by atoms with Crippen molar-refractivity contribution in [1.29, 1.82) is 0 Å². The van der Waals surface area contributed by atoms with E-state index in [0.29, 0.717) is 25.7 Å². The first-order valence-electron chi connectivity index (χ1n) is 20.0. The van der Waals surface area contributed by atoms with Crippen LogP contribution < -0.4 is 0 Å². The first-order valence-corrected chi connectivity index (χ1v) is 20.0. The van der Waals surface area contributed by atoms with E-state index in [1.165, 1.54) is 6.92 Å². The molecule has 22 fully saturated rings. The zero-order valence-electron chi connectivity index (χ0n) is 32.1. The van der Waals surface area contributed by atoms with E-state index < -0.39 is 167 Å². The highest BCUT2D eigenvalue weighted by Gasteiger charge is 2.53. The number of aliphatic hydroxyl groups excluding tert-OH is 9. The Morgan fingerprint density at radius 1 is 0.368 bits per heavy atom. The minimum atomic E-state index is -1.81. The second kappa shape index (κ2) is 19.1. The summed E-state index contributed by atoms with van der Waals surface area (Å²) in [6.45, 7) is 3.34. The third-order valence-electron chi connectivity index (χ3n) is 12.0. The van der Waals surface area contributed by atoms with Gasteiger partial charge in [-0.25, -0.2) is 0 Å². The standard InChI is InChI=1S/C36H60O21/c1-13-18-4-6-24(46-13)49-19-5-7-25(50-21(19)10-37)55-32-16(40)9-26(51-22(32)11-38)56-33-23(12-39)54-36(30(45)28(33)43)57-31-15(3)48-35(29(44)27(31)42)53-20-8-17(41)34(52-18)47-14(20)2/h13-45H,4-12H2,1-3H3. The van der Waals surface area contributed by atoms with Gasteiger partial charge in [-0.15, -0.1) is 0 Å². The Kier molecular flexibility index (Phi) is 14.8. The molecule has 0 saturated carbocycles. The van der Waals surface area contributed by atoms with Gasteiger partial charge in [-0.3, -0.25) is 0 Å². The topological polar surface area (TPSA) is 293 Å². The highest BCUT2D eigenvalue weighted by atomic mass is 16.8. The Bertz CT molecular complexity index is 1270. The van der Waals surface area contributed by atoms with Gasteiger partial charge in [0.2, 0.25) is 0 Å². The van der Waals surface area contributed by atoms with Crippen molar-refractivity contribution < 1.29 is 103 Å². The van der Waals surface area contributed by atoms with Gasteiger partial charge in [0, 0.05) is 25.7 Å². The molecule has 22 aliphatic rings. The quantitative estimate of drug-likeness (QED) is 0.132. The van der Waals surface area contributed by atoms with Crippen molar-refractivity contribution in [3.63, 3.8) is 0 Å². The van der Waals surface area contributed by atoms with Gasteiger partial charge in [0.25, 0.3) is 0 Å². The predicted molar refractivity (Wildman–Crippen MR) is 183 cm³/mol. The normalized spacial score (nSPS) is 54.3. The monoisotopic (exact) mass is 828 g/mol. The maximum atomic E-state index is 11.2. The van der Waals surface area contributed by atoms with Crippen molar-refractivity contribution in [2.24, 2.45) is 0 Å². The molecule has 24 atom stereocenters. The fraction of sp³-hybridized carbons (Fsp3) is 1.00. The Labute approximate surface area is 329 Å². The largest absolute Gasteiger partial charge is 0.394 e. The van der Waals surface area contributed by atoms with Gasteiger partial charge in [-0.05, 0) is 33.6 Å². The van der Waals surface area contributed by atoms with Crippen LogP contribution in [0.3, 0.4) is 0 Å². The minimum absolute atomic E-state index is 0.0451. The zero-order chi connectivity index (χ0) is 40.7. The summed E-state index contributed by atoms with van der Waals surface area (Å²) < 4.78 is 72.2. The second-order valence-corrected chi connectivity index (χ2v) is 16.0. The van der Waals surface area contributed by atoms with E-state index in [0.717, 1.165) is 0 Å². The van der Waals surface area contributed by atoms with Crippen molar-refractivity contribution in [1.82, 2.24) is 0 Å². The summed E-state index contributed by atoms with van der Waals surface area (Å²) in [4.78, 5) is 0. The first kappa shape index (κ1) is 44.2. The second-order valence-electron chi connectivity index (χ2n) is 16.0. The maximum absolute atomic E-state index is 11.2. The molecule has 330 valence electrons. The average molecular weight is 829 g/mol. The van der Waals surface area contributed by atoms with Crippen LogP contribution in [0.1, 0.15) is 59.3 Å². The third-order valence-corrected chi connectivity index (χ3v) is 12.0. The van der Waals surface area contributed by atoms with E-state index in [9.17, 15) is 46.0 Å². The van der Waals surface area contributed by atoms with Crippen LogP contribution in [0.5, 0.6) is 0 Å². The van der Waals surface area contributed by atoms with Gasteiger partial charge >= 0.3 is 0 Å². The molecule has 22 aliphatic heterocycles. The summed E-state index contributed by atoms with van der Waals surface area (Å²) in [6.07, 6.45) is -25.6. The van der Waals surface area contributed by atoms with E-state index >= 15 is 0 Å². The van der Waals surface area contributed by atoms with Gasteiger partial charge < -0.3 is 103 Å². The number of ether oxygens (including phenoxy) is 12. The van der Waals surface area contributed by atoms with Crippen LogP contribution in [0.2, 0.25) is 0 Å². The molecule has 0 amide bonds. The summed E-state index contributed by atoms with van der Waals surface area (Å²) in [5.41, 5.74) is 0. The summed E-state index contributed by atoms with van der Waals surface area (Å²) >= 11 is 0. The van der Waals surface area contributed by atoms with E-state index in [1.54, 1.807) is 6.92 Å². The van der Waals surface area contributed by atoms with Crippen LogP contribution in [-0.4, -0.2) is 213 Å². The first-order chi connectivity index (χ1) is 27.3. The lowest BCUT2D eigenvalue weighted by atomic mass is 9.96. The zero-order valence-corrected chi connectivity index (χ0v) is 32.1. The molecule has 22 heterocycles. The van der Waals surface area contributed by atoms with E-state index in [2.05, 4.69) is 0 Å². The highest BCUT2D eigenvalue weighted by Crippen LogP contribution is 2.37. The van der Waals surface area contributed by atoms with Gasteiger partial charge in [0.15, 0.2) is 37.7 Å². The Balaban J connectivity index is 1.09. The van der Waals surface area contributed by atoms with Crippen molar-refractivity contribution in [2.45, 2.75) is 207 Å². The summed E-state index contributed by atoms with van der Waals surface area (Å²) in [6, 6.07) is 0. The van der Waals surface area contributed by atoms with Crippen molar-refractivity contribution in [3.05, 3.63) is 0 Å². The molecule has 24 unspecified atom stereocenters. The van der Waals surface area contributed by atoms with E-state index in [1.807, 2.05) is 6.92 Å². The lowest BCUT2D eigenvalue weighted by Gasteiger charge is -2.48. The molecule has 0 aromatic carbocycles. The average Bonchev–Trinajstić information content (AvgIpc) is 3.18. The molecular weight excluding hydrogens is 768 g/mol. The molecule has 0 aromatic rings. The summed E-state index contributed by atoms with van der Waals surface area (Å²) in [7, 11) is 0. The number of aliphatic hydroxyl groups is 9. The van der Waals surface area contributed by atoms with Crippen LogP contribution in [0, 0.1) is 0 Å². The molecule has 0 radical (unpaired) electrons. The molecule has 21 nitrogen and oxygen atoms in total. The number of rotatable bonds is 3. The summed E-state index contributed by atoms with van der Waals surface area (Å²) in [5.74, 6) is 0. The molecule has 9 N–H and O–H groups in total. The molecule has 0 spiro atoms. The Hall–Kier alpha value is -0.840. The fourth-order valence-corrected chi connectivity index (χ4v) is 8.69. The van der Waals surface area contributed by atoms with Crippen LogP contribution in [0.4, 0.5) is 0 Å². The number of hydrogen-bond acceptors (Lipinski definition) is 21. The summed E-state index contributed by atoms with van der Waals surface area (Å²) in [5, 5.41) is 97.5. The van der Waals surface area contributed by atoms with Crippen molar-refractivity contribution in [2.75, 3.05) is 19.8 Å². The molecule has 0 aliphatic carbocycles. The molecular formula is C36H60O21. The van der Waals surface area contributed by atoms with Crippen LogP contribution in [0.25, 0.3) is 0 Å². The molecule has 57 heavy (non-hydrogen) atoms. The Morgan fingerprint density at radius 2 is 0.912 bits per heavy atom. The molecule has 0 aromatic heterocycles. The molecule has 12 bridgehead atoms. The van der Waals surface area contributed by atoms with E-state index in [-0.39, 0.29) is 12.8 Å². The van der Waals surface area contributed by atoms with Gasteiger partial charge in [-0.2, -0.15) is 0 Å². The van der Waals surface area contributed by atoms with Crippen molar-refractivity contribution in [3.8, 4) is 0 Å². The molecule has 21 heteroatoms. The lowest BCUT2D eigenvalue weighted by Crippen LogP contribution is -2.65. The highest BCUT2D eigenvalue weighted by molar-refractivity contribution is 4.96. The number of hydrogen-bond donors (Lipinski definition) is 9. The van der Waals surface area contributed by atoms with Crippen molar-refractivity contribution >= 4 is 0 Å². The van der Waals surface area contributed by atoms with Gasteiger partial charge in [-0.1, -0.05) is 0 Å². The van der Waals surface area contributed by atoms with E-state index in [4.69, 9.17) is 56.8 Å². The fourth-order valence-electron chi connectivity index (χ4n) is 8.69. The van der Waals surface area contributed by atoms with Crippen LogP contribution in [0.15, 0.2) is 0 Å². The third kappa shape index (κ3) is 9.64. The van der Waals surface area contributed by atoms with Crippen LogP contribution >= 0.6 is 0 Å². The smallest absolute Gasteiger partial charge is 0.187 e. The minimum Gasteiger partial charge on any atom is -0.394 e. The lowest BCUT2D eigenvalue weighted by molar-refractivity contribution is -0.380. The van der Waals surface area contributed by atoms with Gasteiger partial charge in [0.05, 0.1) is 62.5 Å². The van der Waals surface area contributed by atoms with Gasteiger partial charge in [0.1, 0.15) is 67.1 Å². The molecule has 22 rings (SSSR count). The maximum Gasteiger partial charge on any atom is 0.187 e. The SMILES string of the molecule is CC1OC2CCC1OC1OC(C)C(CC1O)OC1OC(C)C(OC3OC(CO)C(OC4CC(O)C(OC5CCC(O2)C(CO)O5)C(CO)O4)C(O)C3O)C(O)C1O. The predicted octanol–water partition coefficient (Wildman–Crippen LogP) is -3.80. The van der Waals surface area contributed by atoms with Crippen LogP contribution in [-0.2, 0) is 56.8 Å². The Morgan fingerprint density at radius 3 is 1.60 bits per heavy atom.